The van der Waals surface area contributed by atoms with Crippen molar-refractivity contribution in [2.45, 2.75) is 231 Å². The Labute approximate surface area is 515 Å². The molecule has 0 atom stereocenters. The van der Waals surface area contributed by atoms with Gasteiger partial charge in [0.1, 0.15) is 6.42 Å². The minimum Gasteiger partial charge on any atom is -0.481 e. The Kier molecular flexibility index (Phi) is 83.5. The molecule has 522 valence electrons. The van der Waals surface area contributed by atoms with Gasteiger partial charge < -0.3 is 91.9 Å². The van der Waals surface area contributed by atoms with Gasteiger partial charge in [-0.1, -0.05) is 64.2 Å². The largest absolute Gasteiger partial charge is 0.481 e. The van der Waals surface area contributed by atoms with Crippen LogP contribution in [0.2, 0.25) is 0 Å². The predicted molar refractivity (Wildman–Crippen MR) is 304 cm³/mol. The van der Waals surface area contributed by atoms with Crippen molar-refractivity contribution >= 4 is 107 Å². The summed E-state index contributed by atoms with van der Waals surface area (Å²) in [4.78, 5) is 176. The van der Waals surface area contributed by atoms with Gasteiger partial charge in [-0.25, -0.2) is 9.59 Å². The molecule has 0 aromatic rings. The summed E-state index contributed by atoms with van der Waals surface area (Å²) in [5.41, 5.74) is 0. The number of carboxylic acids is 18. The fourth-order valence-corrected chi connectivity index (χ4v) is 5.26. The Balaban J connectivity index is -0.000000118. The van der Waals surface area contributed by atoms with E-state index in [4.69, 9.17) is 102 Å². The molecule has 0 aromatic heterocycles. The van der Waals surface area contributed by atoms with E-state index in [1.54, 1.807) is 0 Å². The van der Waals surface area contributed by atoms with Crippen molar-refractivity contribution in [3.8, 4) is 0 Å². The van der Waals surface area contributed by atoms with Crippen LogP contribution in [0.1, 0.15) is 231 Å². The van der Waals surface area contributed by atoms with E-state index >= 15 is 0 Å². The van der Waals surface area contributed by atoms with Crippen LogP contribution in [0.5, 0.6) is 0 Å². The van der Waals surface area contributed by atoms with Gasteiger partial charge in [0.05, 0.1) is 12.8 Å². The van der Waals surface area contributed by atoms with Crippen molar-refractivity contribution < 1.29 is 178 Å². The first-order chi connectivity index (χ1) is 41.6. The van der Waals surface area contributed by atoms with Gasteiger partial charge in [0.2, 0.25) is 0 Å². The van der Waals surface area contributed by atoms with Crippen molar-refractivity contribution in [1.82, 2.24) is 0 Å². The third-order valence-corrected chi connectivity index (χ3v) is 9.48. The number of hydrogen-bond acceptors (Lipinski definition) is 18. The molecule has 0 fully saturated rings. The van der Waals surface area contributed by atoms with Crippen molar-refractivity contribution in [3.63, 3.8) is 0 Å². The van der Waals surface area contributed by atoms with Gasteiger partial charge >= 0.3 is 107 Å². The molecule has 0 rings (SSSR count). The molecule has 0 aliphatic heterocycles. The zero-order chi connectivity index (χ0) is 71.8. The van der Waals surface area contributed by atoms with E-state index in [0.29, 0.717) is 57.8 Å². The van der Waals surface area contributed by atoms with Crippen molar-refractivity contribution in [3.05, 3.63) is 0 Å². The molecule has 36 nitrogen and oxygen atoms in total. The molecular weight excluding hydrogens is 1220 g/mol. The lowest BCUT2D eigenvalue weighted by Gasteiger charge is -1.98. The summed E-state index contributed by atoms with van der Waals surface area (Å²) in [6, 6.07) is 0. The Morgan fingerprint density at radius 1 is 0.122 bits per heavy atom. The first kappa shape index (κ1) is 99.5. The molecule has 90 heavy (non-hydrogen) atoms. The van der Waals surface area contributed by atoms with E-state index in [9.17, 15) is 76.7 Å². The molecule has 36 heteroatoms. The Bertz CT molecular complexity index is 1940. The van der Waals surface area contributed by atoms with E-state index in [1.165, 1.54) is 0 Å². The summed E-state index contributed by atoms with van der Waals surface area (Å²) < 4.78 is 0. The predicted octanol–water partition coefficient (Wildman–Crippen LogP) is 6.44. The highest BCUT2D eigenvalue weighted by Crippen LogP contribution is 2.10. The summed E-state index contributed by atoms with van der Waals surface area (Å²) in [5.74, 6) is -18.3. The number of rotatable bonds is 44. The van der Waals surface area contributed by atoms with Crippen LogP contribution in [-0.4, -0.2) is 199 Å². The van der Waals surface area contributed by atoms with Gasteiger partial charge in [-0.15, -0.1) is 0 Å². The van der Waals surface area contributed by atoms with Crippen LogP contribution in [0.15, 0.2) is 0 Å². The van der Waals surface area contributed by atoms with Crippen LogP contribution in [0.4, 0.5) is 0 Å². The molecule has 0 heterocycles. The zero-order valence-corrected chi connectivity index (χ0v) is 49.9. The van der Waals surface area contributed by atoms with Gasteiger partial charge in [-0.05, 0) is 70.6 Å². The molecule has 0 radical (unpaired) electrons. The maximum absolute atomic E-state index is 10.1. The molecular formula is C54H90O36. The summed E-state index contributed by atoms with van der Waals surface area (Å²) in [5, 5.41) is 145. The van der Waals surface area contributed by atoms with E-state index < -0.39 is 114 Å². The quantitative estimate of drug-likeness (QED) is 0.0177. The summed E-state index contributed by atoms with van der Waals surface area (Å²) in [6.45, 7) is 0. The van der Waals surface area contributed by atoms with Crippen LogP contribution >= 0.6 is 0 Å². The number of unbranched alkanes of at least 4 members (excludes halogenated alkanes) is 15. The second-order valence-electron chi connectivity index (χ2n) is 18.0. The van der Waals surface area contributed by atoms with Crippen LogP contribution < -0.4 is 0 Å². The van der Waals surface area contributed by atoms with Crippen molar-refractivity contribution in [2.24, 2.45) is 0 Å². The normalized spacial score (nSPS) is 9.20. The third-order valence-electron chi connectivity index (χ3n) is 9.48. The van der Waals surface area contributed by atoms with E-state index in [0.717, 1.165) is 70.6 Å². The maximum Gasteiger partial charge on any atom is 0.414 e. The van der Waals surface area contributed by atoms with E-state index in [-0.39, 0.29) is 96.3 Å². The second kappa shape index (κ2) is 75.6. The molecule has 0 saturated carbocycles. The van der Waals surface area contributed by atoms with Gasteiger partial charge in [-0.2, -0.15) is 0 Å². The van der Waals surface area contributed by atoms with Crippen LogP contribution in [0.3, 0.4) is 0 Å². The highest BCUT2D eigenvalue weighted by molar-refractivity contribution is 6.27. The highest BCUT2D eigenvalue weighted by atomic mass is 16.4. The average molecular weight is 1320 g/mol. The number of carboxylic acid groups (broad SMARTS) is 18. The van der Waals surface area contributed by atoms with Gasteiger partial charge in [-0.3, -0.25) is 76.7 Å². The van der Waals surface area contributed by atoms with Crippen molar-refractivity contribution in [2.75, 3.05) is 0 Å². The fraction of sp³-hybridized carbons (Fsp3) is 0.667. The first-order valence-corrected chi connectivity index (χ1v) is 27.6. The minimum atomic E-state index is -1.82. The molecule has 0 aliphatic rings. The minimum absolute atomic E-state index is 0.0628. The van der Waals surface area contributed by atoms with E-state index in [1.807, 2.05) is 0 Å². The lowest BCUT2D eigenvalue weighted by Crippen LogP contribution is -2.09. The molecule has 0 bridgehead atoms. The molecule has 0 aliphatic carbocycles. The molecule has 18 N–H and O–H groups in total. The fourth-order valence-electron chi connectivity index (χ4n) is 5.26. The molecule has 0 aromatic carbocycles. The van der Waals surface area contributed by atoms with Crippen LogP contribution in [0, 0.1) is 0 Å². The SMILES string of the molecule is O=C(O)C(=O)O.O=C(O)CC(=O)O.O=C(O)CCC(=O)O.O=C(O)CCCC(=O)O.O=C(O)CCCCC(=O)O.O=C(O)CCCCCC(=O)O.O=C(O)CCCCCCC(=O)O.O=C(O)CCCCCCCC(=O)O.O=C(O)CCCCCCCCC(=O)O. The topological polar surface area (TPSA) is 671 Å². The smallest absolute Gasteiger partial charge is 0.414 e. The first-order valence-electron chi connectivity index (χ1n) is 27.6. The Morgan fingerprint density at radius 2 is 0.222 bits per heavy atom. The molecule has 0 amide bonds. The van der Waals surface area contributed by atoms with Crippen molar-refractivity contribution in [1.29, 1.82) is 0 Å². The summed E-state index contributed by atoms with van der Waals surface area (Å²) in [7, 11) is 0. The number of hydrogen-bond donors (Lipinski definition) is 18. The Hall–Kier alpha value is -9.54. The third kappa shape index (κ3) is 159. The monoisotopic (exact) mass is 1310 g/mol. The van der Waals surface area contributed by atoms with Crippen LogP contribution in [0.25, 0.3) is 0 Å². The molecule has 0 saturated heterocycles. The number of aliphatic carboxylic acids is 18. The molecule has 0 unspecified atom stereocenters. The maximum atomic E-state index is 10.1. The van der Waals surface area contributed by atoms with Gasteiger partial charge in [0.15, 0.2) is 0 Å². The highest BCUT2D eigenvalue weighted by Gasteiger charge is 2.06. The van der Waals surface area contributed by atoms with Crippen LogP contribution in [-0.2, 0) is 86.3 Å². The summed E-state index contributed by atoms with van der Waals surface area (Å²) >= 11 is 0. The second-order valence-corrected chi connectivity index (χ2v) is 18.0. The lowest BCUT2D eigenvalue weighted by molar-refractivity contribution is -0.159. The Morgan fingerprint density at radius 3 is 0.322 bits per heavy atom. The average Bonchev–Trinajstić information content (AvgIpc) is 3.39. The van der Waals surface area contributed by atoms with E-state index in [2.05, 4.69) is 0 Å². The molecule has 0 spiro atoms. The lowest BCUT2D eigenvalue weighted by atomic mass is 10.1. The van der Waals surface area contributed by atoms with Gasteiger partial charge in [0, 0.05) is 77.0 Å². The zero-order valence-electron chi connectivity index (χ0n) is 49.9. The standard InChI is InChI=1S/C10H18O4.C9H16O4.C8H14O4.C7H12O4.C6H10O4.C5H8O4.C4H6O4.C3H4O4.C2H2O4/c11-9(12)7-5-3-1-2-4-6-8-10(13)14;10-8(11)6-4-2-1-3-5-7-9(12)13;9-7(10)5-3-1-2-4-6-8(11)12;8-6(9)4-2-1-3-5-7(10)11;7-5(8)3-1-2-4-6(9)10;6-4(7)2-1-3-5(8)9;5-3(6)1-2-4(7)8;4-2(5)1-3(6)7;3-1(4)2(5)6/h1-8H2,(H,11,12)(H,13,14);1-7H2,(H,10,11)(H,12,13);1-6H2,(H,9,10)(H,11,12);1-5H2,(H,8,9)(H,10,11);1-4H2,(H,7,8)(H,9,10);1-3H2,(H,6,7)(H,8,9);1-2H2,(H,5,6)(H,7,8);1H2,(H,4,5)(H,6,7);(H,3,4)(H,5,6). The summed E-state index contributed by atoms with van der Waals surface area (Å²) in [6.07, 6.45) is 15.4. The van der Waals surface area contributed by atoms with Gasteiger partial charge in [0.25, 0.3) is 0 Å². The number of carbonyl (C=O) groups is 18.